The summed E-state index contributed by atoms with van der Waals surface area (Å²) in [7, 11) is 0. The summed E-state index contributed by atoms with van der Waals surface area (Å²) in [6.45, 7) is 1.23. The van der Waals surface area contributed by atoms with Gasteiger partial charge in [-0.3, -0.25) is 4.79 Å². The highest BCUT2D eigenvalue weighted by Crippen LogP contribution is 2.30. The number of ether oxygens (including phenoxy) is 2. The van der Waals surface area contributed by atoms with Gasteiger partial charge in [0.05, 0.1) is 11.1 Å². The van der Waals surface area contributed by atoms with Gasteiger partial charge in [0.1, 0.15) is 5.75 Å². The van der Waals surface area contributed by atoms with Gasteiger partial charge in [0.2, 0.25) is 6.86 Å². The number of para-hydroxylation sites is 1. The van der Waals surface area contributed by atoms with E-state index in [1.807, 2.05) is 6.07 Å². The molecule has 0 spiro atoms. The van der Waals surface area contributed by atoms with Crippen LogP contribution in [0.4, 0.5) is 4.39 Å². The van der Waals surface area contributed by atoms with E-state index in [1.165, 1.54) is 0 Å². The fraction of sp³-hybridized carbons (Fsp3) is 0.417. The molecule has 0 saturated carbocycles. The van der Waals surface area contributed by atoms with Crippen molar-refractivity contribution in [2.75, 3.05) is 13.5 Å². The number of benzene rings is 1. The van der Waals surface area contributed by atoms with Crippen molar-refractivity contribution in [3.63, 3.8) is 0 Å². The zero-order valence-corrected chi connectivity index (χ0v) is 11.1. The smallest absolute Gasteiger partial charge is 0.306 e. The molecule has 1 rings (SSSR count). The standard InChI is InChI=1S/C12H14BrFO3/c1-2-16-11(15)7-6-9-4-3-5-10(13)12(9)17-8-14/h3-5H,2,6-8H2,1H3. The highest BCUT2D eigenvalue weighted by molar-refractivity contribution is 9.10. The maximum atomic E-state index is 12.2. The molecule has 1 aromatic rings. The van der Waals surface area contributed by atoms with Gasteiger partial charge in [0.15, 0.2) is 0 Å². The molecule has 0 aliphatic heterocycles. The van der Waals surface area contributed by atoms with Gasteiger partial charge in [-0.25, -0.2) is 4.39 Å². The van der Waals surface area contributed by atoms with Crippen molar-refractivity contribution in [1.82, 2.24) is 0 Å². The molecular formula is C12H14BrFO3. The third-order valence-corrected chi connectivity index (χ3v) is 2.78. The molecule has 0 heterocycles. The summed E-state index contributed by atoms with van der Waals surface area (Å²) >= 11 is 3.28. The Kier molecular flexibility index (Phi) is 5.97. The van der Waals surface area contributed by atoms with E-state index >= 15 is 0 Å². The molecule has 0 saturated heterocycles. The van der Waals surface area contributed by atoms with Crippen LogP contribution >= 0.6 is 15.9 Å². The van der Waals surface area contributed by atoms with E-state index in [9.17, 15) is 9.18 Å². The van der Waals surface area contributed by atoms with Crippen LogP contribution in [-0.4, -0.2) is 19.4 Å². The highest BCUT2D eigenvalue weighted by Gasteiger charge is 2.10. The highest BCUT2D eigenvalue weighted by atomic mass is 79.9. The van der Waals surface area contributed by atoms with Gasteiger partial charge in [0, 0.05) is 6.42 Å². The van der Waals surface area contributed by atoms with Crippen LogP contribution in [0, 0.1) is 0 Å². The Morgan fingerprint density at radius 3 is 2.88 bits per heavy atom. The minimum Gasteiger partial charge on any atom is -0.466 e. The normalized spacial score (nSPS) is 10.1. The van der Waals surface area contributed by atoms with Crippen molar-refractivity contribution in [3.8, 4) is 5.75 Å². The Labute approximate surface area is 108 Å². The molecule has 3 nitrogen and oxygen atoms in total. The number of carbonyl (C=O) groups excluding carboxylic acids is 1. The monoisotopic (exact) mass is 304 g/mol. The predicted molar refractivity (Wildman–Crippen MR) is 65.7 cm³/mol. The summed E-state index contributed by atoms with van der Waals surface area (Å²) in [6, 6.07) is 5.38. The lowest BCUT2D eigenvalue weighted by Crippen LogP contribution is -2.06. The topological polar surface area (TPSA) is 35.5 Å². The van der Waals surface area contributed by atoms with Crippen LogP contribution in [0.5, 0.6) is 5.75 Å². The van der Waals surface area contributed by atoms with Gasteiger partial charge in [-0.2, -0.15) is 0 Å². The van der Waals surface area contributed by atoms with Crippen molar-refractivity contribution in [3.05, 3.63) is 28.2 Å². The molecule has 0 radical (unpaired) electrons. The molecule has 94 valence electrons. The predicted octanol–water partition coefficient (Wildman–Crippen LogP) is 3.25. The van der Waals surface area contributed by atoms with Crippen LogP contribution < -0.4 is 4.74 Å². The lowest BCUT2D eigenvalue weighted by atomic mass is 10.1. The first kappa shape index (κ1) is 14.0. The van der Waals surface area contributed by atoms with Crippen LogP contribution in [0.15, 0.2) is 22.7 Å². The lowest BCUT2D eigenvalue weighted by molar-refractivity contribution is -0.143. The molecule has 5 heteroatoms. The van der Waals surface area contributed by atoms with Crippen molar-refractivity contribution < 1.29 is 18.7 Å². The summed E-state index contributed by atoms with van der Waals surface area (Å²) in [5, 5.41) is 0. The number of halogens is 2. The van der Waals surface area contributed by atoms with E-state index in [-0.39, 0.29) is 12.4 Å². The van der Waals surface area contributed by atoms with Gasteiger partial charge < -0.3 is 9.47 Å². The van der Waals surface area contributed by atoms with Crippen molar-refractivity contribution in [2.45, 2.75) is 19.8 Å². The first-order chi connectivity index (χ1) is 8.19. The van der Waals surface area contributed by atoms with Crippen molar-refractivity contribution >= 4 is 21.9 Å². The number of hydrogen-bond donors (Lipinski definition) is 0. The SMILES string of the molecule is CCOC(=O)CCc1cccc(Br)c1OCF. The molecule has 0 aliphatic rings. The second-order valence-corrected chi connectivity index (χ2v) is 4.14. The zero-order valence-electron chi connectivity index (χ0n) is 9.54. The van der Waals surface area contributed by atoms with Gasteiger partial charge in [-0.05, 0) is 40.9 Å². The van der Waals surface area contributed by atoms with Crippen molar-refractivity contribution in [2.24, 2.45) is 0 Å². The Morgan fingerprint density at radius 1 is 1.47 bits per heavy atom. The van der Waals surface area contributed by atoms with Gasteiger partial charge in [-0.15, -0.1) is 0 Å². The molecule has 0 aromatic heterocycles. The summed E-state index contributed by atoms with van der Waals surface area (Å²) in [5.74, 6) is 0.179. The number of hydrogen-bond acceptors (Lipinski definition) is 3. The van der Waals surface area contributed by atoms with Crippen LogP contribution in [-0.2, 0) is 16.0 Å². The number of rotatable bonds is 6. The lowest BCUT2D eigenvalue weighted by Gasteiger charge is -2.10. The fourth-order valence-corrected chi connectivity index (χ4v) is 1.96. The first-order valence-electron chi connectivity index (χ1n) is 5.30. The van der Waals surface area contributed by atoms with Crippen LogP contribution in [0.1, 0.15) is 18.9 Å². The Hall–Kier alpha value is -1.10. The minimum atomic E-state index is -0.894. The summed E-state index contributed by atoms with van der Waals surface area (Å²) in [6.07, 6.45) is 0.723. The maximum absolute atomic E-state index is 12.2. The fourth-order valence-electron chi connectivity index (χ4n) is 1.44. The summed E-state index contributed by atoms with van der Waals surface area (Å²) in [4.78, 5) is 11.2. The number of aryl methyl sites for hydroxylation is 1. The van der Waals surface area contributed by atoms with E-state index in [4.69, 9.17) is 9.47 Å². The van der Waals surface area contributed by atoms with E-state index in [1.54, 1.807) is 19.1 Å². The Morgan fingerprint density at radius 2 is 2.24 bits per heavy atom. The molecule has 0 atom stereocenters. The number of esters is 1. The van der Waals surface area contributed by atoms with E-state index in [0.717, 1.165) is 5.56 Å². The molecule has 0 aliphatic carbocycles. The quantitative estimate of drug-likeness (QED) is 0.757. The van der Waals surface area contributed by atoms with Gasteiger partial charge in [-0.1, -0.05) is 12.1 Å². The third kappa shape index (κ3) is 4.34. The molecular weight excluding hydrogens is 291 g/mol. The molecule has 1 aromatic carbocycles. The maximum Gasteiger partial charge on any atom is 0.306 e. The molecule has 17 heavy (non-hydrogen) atoms. The van der Waals surface area contributed by atoms with Crippen LogP contribution in [0.2, 0.25) is 0 Å². The minimum absolute atomic E-state index is 0.257. The largest absolute Gasteiger partial charge is 0.466 e. The van der Waals surface area contributed by atoms with E-state index in [2.05, 4.69) is 15.9 Å². The summed E-state index contributed by atoms with van der Waals surface area (Å²) in [5.41, 5.74) is 0.782. The third-order valence-electron chi connectivity index (χ3n) is 2.15. The van der Waals surface area contributed by atoms with Gasteiger partial charge >= 0.3 is 5.97 Å². The average molecular weight is 305 g/mol. The first-order valence-corrected chi connectivity index (χ1v) is 6.10. The Bertz CT molecular complexity index is 382. The number of carbonyl (C=O) groups is 1. The zero-order chi connectivity index (χ0) is 12.7. The molecule has 0 N–H and O–H groups in total. The Balaban J connectivity index is 2.69. The van der Waals surface area contributed by atoms with Gasteiger partial charge in [0.25, 0.3) is 0 Å². The molecule has 0 bridgehead atoms. The average Bonchev–Trinajstić information content (AvgIpc) is 2.30. The summed E-state index contributed by atoms with van der Waals surface area (Å²) < 4.78 is 22.6. The van der Waals surface area contributed by atoms with E-state index < -0.39 is 6.86 Å². The van der Waals surface area contributed by atoms with E-state index in [0.29, 0.717) is 23.2 Å². The van der Waals surface area contributed by atoms with Crippen molar-refractivity contribution in [1.29, 1.82) is 0 Å². The second-order valence-electron chi connectivity index (χ2n) is 3.29. The number of alkyl halides is 1. The molecule has 0 unspecified atom stereocenters. The molecule has 0 fully saturated rings. The van der Waals surface area contributed by atoms with Crippen LogP contribution in [0.25, 0.3) is 0 Å². The second kappa shape index (κ2) is 7.27. The molecule has 0 amide bonds. The van der Waals surface area contributed by atoms with Crippen LogP contribution in [0.3, 0.4) is 0 Å².